The van der Waals surface area contributed by atoms with Gasteiger partial charge in [0.25, 0.3) is 11.7 Å². The van der Waals surface area contributed by atoms with Crippen LogP contribution in [0.2, 0.25) is 0 Å². The van der Waals surface area contributed by atoms with Gasteiger partial charge in [-0.3, -0.25) is 14.5 Å². The van der Waals surface area contributed by atoms with E-state index in [0.29, 0.717) is 41.5 Å². The van der Waals surface area contributed by atoms with E-state index in [0.717, 1.165) is 11.3 Å². The average Bonchev–Trinajstić information content (AvgIpc) is 3.15. The maximum absolute atomic E-state index is 13.5. The van der Waals surface area contributed by atoms with Gasteiger partial charge in [0, 0.05) is 31.5 Å². The number of benzene rings is 3. The van der Waals surface area contributed by atoms with Crippen molar-refractivity contribution in [2.45, 2.75) is 26.8 Å². The number of ketones is 1. The summed E-state index contributed by atoms with van der Waals surface area (Å²) < 4.78 is 11.4. The van der Waals surface area contributed by atoms with Crippen molar-refractivity contribution < 1.29 is 24.2 Å². The molecule has 1 unspecified atom stereocenters. The van der Waals surface area contributed by atoms with Crippen LogP contribution in [-0.2, 0) is 9.59 Å². The Bertz CT molecular complexity index is 1330. The second-order valence-electron chi connectivity index (χ2n) is 9.01. The van der Waals surface area contributed by atoms with Crippen LogP contribution in [0.15, 0.2) is 72.3 Å². The molecule has 0 bridgehead atoms. The van der Waals surface area contributed by atoms with Crippen molar-refractivity contribution in [1.82, 2.24) is 0 Å². The van der Waals surface area contributed by atoms with Gasteiger partial charge in [-0.05, 0) is 62.7 Å². The standard InChI is InChI=1S/C30H32N2O5/c1-6-36-23-16-17-24(25(18-23)37-7-2)28(33)26-27(20-10-14-21(15-11-20)31(4)5)32(30(35)29(26)34)22-12-8-19(3)9-13-22/h8-18,27,33H,6-7H2,1-5H3/b28-26-. The maximum Gasteiger partial charge on any atom is 0.300 e. The van der Waals surface area contributed by atoms with Gasteiger partial charge in [0.15, 0.2) is 0 Å². The fourth-order valence-corrected chi connectivity index (χ4v) is 4.45. The second kappa shape index (κ2) is 10.8. The second-order valence-corrected chi connectivity index (χ2v) is 9.01. The molecule has 3 aromatic rings. The minimum Gasteiger partial charge on any atom is -0.507 e. The zero-order valence-corrected chi connectivity index (χ0v) is 21.8. The van der Waals surface area contributed by atoms with E-state index in [1.165, 1.54) is 4.90 Å². The molecule has 0 aromatic heterocycles. The SMILES string of the molecule is CCOc1ccc(/C(O)=C2/C(=O)C(=O)N(c3ccc(C)cc3)C2c2ccc(N(C)C)cc2)c(OCC)c1. The Morgan fingerprint density at radius 2 is 1.57 bits per heavy atom. The monoisotopic (exact) mass is 500 g/mol. The Hall–Kier alpha value is -4.26. The molecule has 7 nitrogen and oxygen atoms in total. The van der Waals surface area contributed by atoms with E-state index in [2.05, 4.69) is 0 Å². The van der Waals surface area contributed by atoms with E-state index in [-0.39, 0.29) is 11.3 Å². The van der Waals surface area contributed by atoms with Gasteiger partial charge in [-0.1, -0.05) is 29.8 Å². The van der Waals surface area contributed by atoms with Crippen molar-refractivity contribution >= 4 is 28.8 Å². The van der Waals surface area contributed by atoms with Crippen molar-refractivity contribution in [3.05, 3.63) is 89.0 Å². The van der Waals surface area contributed by atoms with Gasteiger partial charge in [-0.15, -0.1) is 0 Å². The lowest BCUT2D eigenvalue weighted by Gasteiger charge is -2.26. The molecule has 192 valence electrons. The topological polar surface area (TPSA) is 79.3 Å². The fourth-order valence-electron chi connectivity index (χ4n) is 4.45. The molecule has 37 heavy (non-hydrogen) atoms. The van der Waals surface area contributed by atoms with Crippen molar-refractivity contribution in [3.63, 3.8) is 0 Å². The van der Waals surface area contributed by atoms with Gasteiger partial charge >= 0.3 is 0 Å². The molecule has 1 amide bonds. The van der Waals surface area contributed by atoms with Crippen molar-refractivity contribution in [3.8, 4) is 11.5 Å². The van der Waals surface area contributed by atoms with Crippen LogP contribution in [0.25, 0.3) is 5.76 Å². The third kappa shape index (κ3) is 5.03. The van der Waals surface area contributed by atoms with Crippen LogP contribution in [0.5, 0.6) is 11.5 Å². The number of amides is 1. The lowest BCUT2D eigenvalue weighted by Crippen LogP contribution is -2.29. The predicted octanol–water partition coefficient (Wildman–Crippen LogP) is 5.48. The van der Waals surface area contributed by atoms with Crippen molar-refractivity contribution in [2.75, 3.05) is 37.1 Å². The number of ether oxygens (including phenoxy) is 2. The molecule has 0 saturated carbocycles. The molecule has 0 radical (unpaired) electrons. The zero-order valence-electron chi connectivity index (χ0n) is 21.8. The summed E-state index contributed by atoms with van der Waals surface area (Å²) in [5, 5.41) is 11.6. The smallest absolute Gasteiger partial charge is 0.300 e. The minimum atomic E-state index is -0.819. The minimum absolute atomic E-state index is 0.00768. The lowest BCUT2D eigenvalue weighted by molar-refractivity contribution is -0.132. The number of carbonyl (C=O) groups is 2. The summed E-state index contributed by atoms with van der Waals surface area (Å²) in [6.07, 6.45) is 0. The predicted molar refractivity (Wildman–Crippen MR) is 146 cm³/mol. The van der Waals surface area contributed by atoms with E-state index in [1.54, 1.807) is 18.2 Å². The summed E-state index contributed by atoms with van der Waals surface area (Å²) in [5.41, 5.74) is 3.61. The van der Waals surface area contributed by atoms with Crippen molar-refractivity contribution in [2.24, 2.45) is 0 Å². The lowest BCUT2D eigenvalue weighted by atomic mass is 9.94. The molecule has 1 aliphatic heterocycles. The zero-order chi connectivity index (χ0) is 26.7. The molecule has 0 spiro atoms. The highest BCUT2D eigenvalue weighted by Crippen LogP contribution is 2.44. The number of anilines is 2. The van der Waals surface area contributed by atoms with E-state index < -0.39 is 17.7 Å². The normalized spacial score (nSPS) is 16.7. The van der Waals surface area contributed by atoms with Crippen LogP contribution < -0.4 is 19.3 Å². The summed E-state index contributed by atoms with van der Waals surface area (Å²) in [4.78, 5) is 30.3. The summed E-state index contributed by atoms with van der Waals surface area (Å²) in [6.45, 7) is 6.49. The largest absolute Gasteiger partial charge is 0.507 e. The number of hydrogen-bond acceptors (Lipinski definition) is 6. The summed E-state index contributed by atoms with van der Waals surface area (Å²) >= 11 is 0. The highest BCUT2D eigenvalue weighted by atomic mass is 16.5. The van der Waals surface area contributed by atoms with Gasteiger partial charge < -0.3 is 19.5 Å². The molecular weight excluding hydrogens is 468 g/mol. The number of hydrogen-bond donors (Lipinski definition) is 1. The van der Waals surface area contributed by atoms with Crippen LogP contribution >= 0.6 is 0 Å². The van der Waals surface area contributed by atoms with E-state index >= 15 is 0 Å². The molecule has 3 aromatic carbocycles. The Morgan fingerprint density at radius 1 is 0.919 bits per heavy atom. The average molecular weight is 501 g/mol. The summed E-state index contributed by atoms with van der Waals surface area (Å²) in [6, 6.07) is 19.2. The molecule has 1 aliphatic rings. The van der Waals surface area contributed by atoms with Gasteiger partial charge in [0.1, 0.15) is 17.3 Å². The fraction of sp³-hybridized carbons (Fsp3) is 0.267. The first kappa shape index (κ1) is 25.8. The number of nitrogens with zero attached hydrogens (tertiary/aromatic N) is 2. The summed E-state index contributed by atoms with van der Waals surface area (Å²) in [7, 11) is 3.88. The molecule has 1 fully saturated rings. The van der Waals surface area contributed by atoms with Crippen LogP contribution in [0, 0.1) is 6.92 Å². The van der Waals surface area contributed by atoms with Crippen LogP contribution in [0.3, 0.4) is 0 Å². The van der Waals surface area contributed by atoms with E-state index in [1.807, 2.05) is 88.3 Å². The first-order chi connectivity index (χ1) is 17.8. The Kier molecular flexibility index (Phi) is 7.53. The van der Waals surface area contributed by atoms with Crippen LogP contribution in [0.1, 0.15) is 36.6 Å². The molecule has 1 atom stereocenters. The molecule has 1 N–H and O–H groups in total. The van der Waals surface area contributed by atoms with Crippen molar-refractivity contribution in [1.29, 1.82) is 0 Å². The number of aliphatic hydroxyl groups excluding tert-OH is 1. The molecule has 1 heterocycles. The molecule has 4 rings (SSSR count). The van der Waals surface area contributed by atoms with Crippen LogP contribution in [0.4, 0.5) is 11.4 Å². The third-order valence-electron chi connectivity index (χ3n) is 6.30. The van der Waals surface area contributed by atoms with E-state index in [9.17, 15) is 14.7 Å². The molecular formula is C30H32N2O5. The van der Waals surface area contributed by atoms with Gasteiger partial charge in [0.2, 0.25) is 0 Å². The highest BCUT2D eigenvalue weighted by Gasteiger charge is 2.47. The first-order valence-corrected chi connectivity index (χ1v) is 12.3. The number of aliphatic hydroxyl groups is 1. The Labute approximate surface area is 217 Å². The van der Waals surface area contributed by atoms with Gasteiger partial charge in [0.05, 0.1) is 30.4 Å². The van der Waals surface area contributed by atoms with Crippen LogP contribution in [-0.4, -0.2) is 44.1 Å². The Morgan fingerprint density at radius 3 is 2.16 bits per heavy atom. The third-order valence-corrected chi connectivity index (χ3v) is 6.30. The Balaban J connectivity index is 1.93. The van der Waals surface area contributed by atoms with Gasteiger partial charge in [-0.2, -0.15) is 0 Å². The highest BCUT2D eigenvalue weighted by molar-refractivity contribution is 6.51. The van der Waals surface area contributed by atoms with E-state index in [4.69, 9.17) is 9.47 Å². The summed E-state index contributed by atoms with van der Waals surface area (Å²) in [5.74, 6) is -0.791. The number of aryl methyl sites for hydroxylation is 1. The first-order valence-electron chi connectivity index (χ1n) is 12.3. The number of Topliss-reactive ketones (excluding diaryl/α,β-unsaturated/α-hetero) is 1. The van der Waals surface area contributed by atoms with Gasteiger partial charge in [-0.25, -0.2) is 0 Å². The number of rotatable bonds is 8. The molecule has 1 saturated heterocycles. The number of carbonyl (C=O) groups excluding carboxylic acids is 2. The molecule has 7 heteroatoms. The maximum atomic E-state index is 13.5. The molecule has 0 aliphatic carbocycles. The quantitative estimate of drug-likeness (QED) is 0.251.